The average Bonchev–Trinajstić information content (AvgIpc) is 3.50. The molecule has 2 unspecified atom stereocenters. The number of nitrogens with zero attached hydrogens (tertiary/aromatic N) is 6. The van der Waals surface area contributed by atoms with Gasteiger partial charge in [0.25, 0.3) is 11.5 Å². The molecule has 6 aromatic rings. The smallest absolute Gasteiger partial charge is 0.388 e. The molecule has 1 fully saturated rings. The van der Waals surface area contributed by atoms with E-state index >= 15 is 4.39 Å². The Morgan fingerprint density at radius 1 is 0.919 bits per heavy atom. The van der Waals surface area contributed by atoms with Gasteiger partial charge < -0.3 is 10.2 Å². The molecule has 1 aliphatic carbocycles. The van der Waals surface area contributed by atoms with Crippen molar-refractivity contribution in [1.29, 1.82) is 0 Å². The Bertz CT molecular complexity index is 3410. The fraction of sp³-hybridized carbons (Fsp3) is 0.317. The molecule has 14 heteroatoms. The van der Waals surface area contributed by atoms with Crippen molar-refractivity contribution in [3.8, 4) is 5.69 Å². The van der Waals surface area contributed by atoms with E-state index in [1.54, 1.807) is 66.3 Å². The van der Waals surface area contributed by atoms with Crippen LogP contribution in [0.3, 0.4) is 0 Å². The van der Waals surface area contributed by atoms with Crippen LogP contribution in [0.2, 0.25) is 0 Å². The van der Waals surface area contributed by atoms with Crippen LogP contribution in [0, 0.1) is 25.6 Å². The molecule has 2 aromatic heterocycles. The first-order valence-electron chi connectivity index (χ1n) is 25.6. The number of pyridine rings is 2. The van der Waals surface area contributed by atoms with Gasteiger partial charge >= 0.3 is 6.03 Å². The largest absolute Gasteiger partial charge is 0.503 e. The third-order valence-electron chi connectivity index (χ3n) is 15.7. The molecule has 13 nitrogen and oxygen atoms in total. The first-order valence-corrected chi connectivity index (χ1v) is 25.6. The van der Waals surface area contributed by atoms with Crippen molar-refractivity contribution in [2.45, 2.75) is 84.1 Å². The maximum atomic E-state index is 16.2. The van der Waals surface area contributed by atoms with Crippen LogP contribution in [0.15, 0.2) is 120 Å². The number of imide groups is 1. The summed E-state index contributed by atoms with van der Waals surface area (Å²) in [5, 5.41) is 6.29. The predicted octanol–water partition coefficient (Wildman–Crippen LogP) is 10.5. The number of allylic oxidation sites excluding steroid dienone is 2. The van der Waals surface area contributed by atoms with Crippen LogP contribution < -0.4 is 26.0 Å². The number of urea groups is 1. The number of amides is 5. The Balaban J connectivity index is 0.758. The lowest BCUT2D eigenvalue weighted by atomic mass is 9.90. The standard InChI is InChI=1S/C60H61FN8O5/c1-36-29-51-49(52(20-24-63-51)68-27-23-46(62-4)33-56(68)71)34-48(36)38(3)67-25-21-43(22-26-67)57-37(2)28-45(32-50(57)61)59(73)65(5)47-16-13-42(14-17-47)41-9-7-8-39(10-12-41)30-40-11-18-53-54(31-40)66(6)60(74)69(53)35-44-15-19-55(70)64-58(44)72/h8,11,13-14,16-18,20-21,23-24,27-29,31-35,38,41,44H,7,9-10,12,15,19,22,25-26,30H2,1-6H3,(H-,62,64,70,71,72)/p+1/b69-35+/t38-,41?,44?/m0/s1. The van der Waals surface area contributed by atoms with Crippen LogP contribution in [0.5, 0.6) is 0 Å². The van der Waals surface area contributed by atoms with E-state index in [1.807, 2.05) is 43.3 Å². The van der Waals surface area contributed by atoms with Gasteiger partial charge in [0.1, 0.15) is 5.82 Å². The Kier molecular flexibility index (Phi) is 13.8. The van der Waals surface area contributed by atoms with Gasteiger partial charge in [-0.2, -0.15) is 14.3 Å². The zero-order valence-electron chi connectivity index (χ0n) is 42.9. The lowest BCUT2D eigenvalue weighted by molar-refractivity contribution is -0.319. The molecule has 0 saturated carbocycles. The number of hydrogen-bond acceptors (Lipinski definition) is 8. The number of aryl methyl sites for hydroxylation is 2. The normalized spacial score (nSPS) is 19.2. The van der Waals surface area contributed by atoms with Crippen LogP contribution in [0.25, 0.3) is 22.2 Å². The third-order valence-corrected chi connectivity index (χ3v) is 15.7. The highest BCUT2D eigenvalue weighted by Crippen LogP contribution is 2.39. The second-order valence-corrected chi connectivity index (χ2v) is 20.3. The van der Waals surface area contributed by atoms with Gasteiger partial charge in [-0.25, -0.2) is 4.39 Å². The topological polar surface area (TPSA) is 140 Å². The number of anilines is 3. The number of fused-ring (bicyclic) bond motifs is 2. The van der Waals surface area contributed by atoms with Gasteiger partial charge in [-0.15, -0.1) is 0 Å². The van der Waals surface area contributed by atoms with Gasteiger partial charge in [0.05, 0.1) is 30.4 Å². The minimum Gasteiger partial charge on any atom is -0.388 e. The fourth-order valence-electron chi connectivity index (χ4n) is 11.4. The summed E-state index contributed by atoms with van der Waals surface area (Å²) in [5.74, 6) is -1.55. The number of nitrogens with one attached hydrogen (secondary N) is 2. The van der Waals surface area contributed by atoms with Crippen molar-refractivity contribution >= 4 is 69.2 Å². The molecule has 74 heavy (non-hydrogen) atoms. The molecule has 10 rings (SSSR count). The molecule has 0 spiro atoms. The van der Waals surface area contributed by atoms with Crippen molar-refractivity contribution in [2.75, 3.05) is 49.3 Å². The summed E-state index contributed by atoms with van der Waals surface area (Å²) in [4.78, 5) is 74.6. The molecule has 5 amide bonds. The number of hydrogen-bond donors (Lipinski definition) is 2. The second kappa shape index (κ2) is 20.6. The van der Waals surface area contributed by atoms with E-state index in [4.69, 9.17) is 0 Å². The van der Waals surface area contributed by atoms with Gasteiger partial charge in [0.2, 0.25) is 11.8 Å². The predicted molar refractivity (Wildman–Crippen MR) is 290 cm³/mol. The highest BCUT2D eigenvalue weighted by molar-refractivity contribution is 6.07. The lowest BCUT2D eigenvalue weighted by Gasteiger charge is -2.33. The van der Waals surface area contributed by atoms with Crippen LogP contribution in [0.1, 0.15) is 108 Å². The number of carbonyl (C=O) groups is 4. The first kappa shape index (κ1) is 49.7. The van der Waals surface area contributed by atoms with E-state index in [-0.39, 0.29) is 41.8 Å². The van der Waals surface area contributed by atoms with E-state index in [0.29, 0.717) is 36.4 Å². The van der Waals surface area contributed by atoms with Gasteiger partial charge in [0.15, 0.2) is 11.4 Å². The Morgan fingerprint density at radius 3 is 2.46 bits per heavy atom. The number of rotatable bonds is 11. The van der Waals surface area contributed by atoms with Crippen molar-refractivity contribution in [3.05, 3.63) is 170 Å². The summed E-state index contributed by atoms with van der Waals surface area (Å²) in [6.45, 7) is 7.50. The van der Waals surface area contributed by atoms with Gasteiger partial charge in [-0.1, -0.05) is 35.9 Å². The monoisotopic (exact) mass is 993 g/mol. The summed E-state index contributed by atoms with van der Waals surface area (Å²) in [6.07, 6.45) is 15.5. The zero-order chi connectivity index (χ0) is 51.9. The Labute approximate surface area is 430 Å². The first-order chi connectivity index (χ1) is 35.6. The van der Waals surface area contributed by atoms with E-state index in [2.05, 4.69) is 76.8 Å². The van der Waals surface area contributed by atoms with Gasteiger partial charge in [-0.3, -0.25) is 38.9 Å². The molecule has 4 aliphatic rings. The molecule has 0 bridgehead atoms. The molecular weight excluding hydrogens is 932 g/mol. The van der Waals surface area contributed by atoms with E-state index in [9.17, 15) is 24.0 Å². The summed E-state index contributed by atoms with van der Waals surface area (Å²) < 4.78 is 19.4. The van der Waals surface area contributed by atoms with E-state index in [0.717, 1.165) is 106 Å². The van der Waals surface area contributed by atoms with Crippen LogP contribution >= 0.6 is 0 Å². The second-order valence-electron chi connectivity index (χ2n) is 20.3. The maximum Gasteiger partial charge on any atom is 0.503 e. The van der Waals surface area contributed by atoms with E-state index in [1.165, 1.54) is 21.8 Å². The van der Waals surface area contributed by atoms with E-state index < -0.39 is 11.7 Å². The van der Waals surface area contributed by atoms with Crippen molar-refractivity contribution in [3.63, 3.8) is 0 Å². The highest BCUT2D eigenvalue weighted by Gasteiger charge is 2.40. The van der Waals surface area contributed by atoms with Crippen molar-refractivity contribution in [1.82, 2.24) is 19.8 Å². The SMILES string of the molecule is CNc1ccn(-c2ccnc3cc(C)c([C@H](C)N4CC=C(c5c(C)cc(C(=O)N(C)c6ccc(C7CCC=C(Cc8ccc9c(c8)N(C)C(=O)/[N+]9=C/C8CCC(=O)NC8=O)CC7)cc6)cc5F)CC4)cc23)c(=O)c1. The lowest BCUT2D eigenvalue weighted by Crippen LogP contribution is -2.42. The van der Waals surface area contributed by atoms with Crippen molar-refractivity contribution < 1.29 is 28.1 Å². The molecule has 0 radical (unpaired) electrons. The van der Waals surface area contributed by atoms with Crippen LogP contribution in [-0.4, -0.2) is 83.2 Å². The minimum absolute atomic E-state index is 0.0433. The van der Waals surface area contributed by atoms with Crippen molar-refractivity contribution in [2.24, 2.45) is 5.92 Å². The molecule has 4 aromatic carbocycles. The van der Waals surface area contributed by atoms with Crippen LogP contribution in [-0.2, 0) is 16.0 Å². The average molecular weight is 994 g/mol. The molecular formula is C60H62FN8O5+. The molecule has 2 N–H and O–H groups in total. The molecule has 5 heterocycles. The molecule has 3 aliphatic heterocycles. The Hall–Kier alpha value is -7.84. The third kappa shape index (κ3) is 9.73. The summed E-state index contributed by atoms with van der Waals surface area (Å²) in [5.41, 5.74) is 12.9. The summed E-state index contributed by atoms with van der Waals surface area (Å²) >= 11 is 0. The summed E-state index contributed by atoms with van der Waals surface area (Å²) in [6, 6.07) is 26.8. The molecule has 378 valence electrons. The van der Waals surface area contributed by atoms with Gasteiger partial charge in [-0.05, 0) is 166 Å². The number of carbonyl (C=O) groups excluding carboxylic acids is 4. The zero-order valence-corrected chi connectivity index (χ0v) is 42.9. The number of piperidine rings is 1. The molecule has 3 atom stereocenters. The minimum atomic E-state index is -0.553. The quantitative estimate of drug-likeness (QED) is 0.0743. The number of aromatic nitrogens is 2. The maximum absolute atomic E-state index is 16.2. The number of halogens is 1. The van der Waals surface area contributed by atoms with Crippen LogP contribution in [0.4, 0.5) is 31.9 Å². The Morgan fingerprint density at radius 2 is 1.73 bits per heavy atom. The highest BCUT2D eigenvalue weighted by atomic mass is 19.1. The number of benzene rings is 4. The summed E-state index contributed by atoms with van der Waals surface area (Å²) in [7, 11) is 5.26. The molecule has 1 saturated heterocycles. The van der Waals surface area contributed by atoms with Gasteiger partial charge in [0, 0.05) is 86.0 Å². The fourth-order valence-corrected chi connectivity index (χ4v) is 11.4.